The Morgan fingerprint density at radius 2 is 1.63 bits per heavy atom. The van der Waals surface area contributed by atoms with Crippen LogP contribution in [0.3, 0.4) is 0 Å². The van der Waals surface area contributed by atoms with Crippen LogP contribution in [-0.4, -0.2) is 60.8 Å². The molecule has 0 saturated heterocycles. The highest BCUT2D eigenvalue weighted by Crippen LogP contribution is 2.38. The van der Waals surface area contributed by atoms with Gasteiger partial charge < -0.3 is 23.8 Å². The van der Waals surface area contributed by atoms with Gasteiger partial charge in [-0.15, -0.1) is 0 Å². The number of hydrogen-bond donors (Lipinski definition) is 0. The number of amides is 1. The summed E-state index contributed by atoms with van der Waals surface area (Å²) in [6.45, 7) is 2.27. The Hall–Kier alpha value is -3.92. The maximum Gasteiger partial charge on any atom is 0.264 e. The van der Waals surface area contributed by atoms with Crippen molar-refractivity contribution in [3.8, 4) is 23.0 Å². The number of ether oxygens (including phenoxy) is 4. The number of aryl methyl sites for hydroxylation is 1. The van der Waals surface area contributed by atoms with Crippen LogP contribution in [0.1, 0.15) is 16.7 Å². The van der Waals surface area contributed by atoms with Gasteiger partial charge in [-0.1, -0.05) is 18.2 Å². The summed E-state index contributed by atoms with van der Waals surface area (Å²) in [6.07, 6.45) is 0.682. The molecule has 38 heavy (non-hydrogen) atoms. The van der Waals surface area contributed by atoms with Crippen molar-refractivity contribution in [2.75, 3.05) is 45.8 Å². The molecular formula is C28H32N2O7S. The van der Waals surface area contributed by atoms with Gasteiger partial charge in [-0.05, 0) is 66.4 Å². The number of fused-ring (bicyclic) bond motifs is 1. The monoisotopic (exact) mass is 540 g/mol. The average Bonchev–Trinajstić information content (AvgIpc) is 3.36. The van der Waals surface area contributed by atoms with Crippen LogP contribution in [0.15, 0.2) is 59.5 Å². The van der Waals surface area contributed by atoms with Crippen LogP contribution >= 0.6 is 0 Å². The Balaban J connectivity index is 1.42. The zero-order chi connectivity index (χ0) is 27.4. The highest BCUT2D eigenvalue weighted by molar-refractivity contribution is 7.92. The Kier molecular flexibility index (Phi) is 8.01. The Morgan fingerprint density at radius 1 is 0.947 bits per heavy atom. The summed E-state index contributed by atoms with van der Waals surface area (Å²) in [5, 5.41) is 0. The van der Waals surface area contributed by atoms with Crippen LogP contribution in [0.25, 0.3) is 0 Å². The van der Waals surface area contributed by atoms with Gasteiger partial charge in [0, 0.05) is 20.1 Å². The summed E-state index contributed by atoms with van der Waals surface area (Å²) in [4.78, 5) is 14.5. The third-order valence-corrected chi connectivity index (χ3v) is 8.31. The number of anilines is 1. The lowest BCUT2D eigenvalue weighted by Crippen LogP contribution is -2.31. The molecule has 1 aliphatic rings. The van der Waals surface area contributed by atoms with E-state index < -0.39 is 10.0 Å². The molecule has 0 unspecified atom stereocenters. The minimum absolute atomic E-state index is 0.185. The molecule has 0 spiro atoms. The first-order chi connectivity index (χ1) is 18.2. The number of carbonyl (C=O) groups excluding carboxylic acids is 1. The molecule has 0 aromatic heterocycles. The van der Waals surface area contributed by atoms with E-state index in [-0.39, 0.29) is 17.4 Å². The third-order valence-electron chi connectivity index (χ3n) is 6.50. The molecule has 0 radical (unpaired) electrons. The van der Waals surface area contributed by atoms with Crippen molar-refractivity contribution in [3.05, 3.63) is 71.3 Å². The molecule has 9 nitrogen and oxygen atoms in total. The van der Waals surface area contributed by atoms with Gasteiger partial charge in [0.15, 0.2) is 18.1 Å². The van der Waals surface area contributed by atoms with E-state index in [2.05, 4.69) is 0 Å². The van der Waals surface area contributed by atoms with E-state index in [9.17, 15) is 13.2 Å². The molecule has 0 aliphatic carbocycles. The summed E-state index contributed by atoms with van der Waals surface area (Å²) >= 11 is 0. The fourth-order valence-corrected chi connectivity index (χ4v) is 6.06. The molecule has 0 bridgehead atoms. The van der Waals surface area contributed by atoms with E-state index >= 15 is 0 Å². The van der Waals surface area contributed by atoms with Gasteiger partial charge >= 0.3 is 0 Å². The predicted octanol–water partition coefficient (Wildman–Crippen LogP) is 3.81. The SMILES string of the molecule is COc1cc(CN(C)C(=O)COc2ccc(S(=O)(=O)N3CCc4ccccc43)cc2C)cc(OC)c1OC. The van der Waals surface area contributed by atoms with E-state index in [4.69, 9.17) is 18.9 Å². The van der Waals surface area contributed by atoms with Crippen LogP contribution in [0.2, 0.25) is 0 Å². The van der Waals surface area contributed by atoms with Crippen molar-refractivity contribution in [3.63, 3.8) is 0 Å². The number of hydrogen-bond acceptors (Lipinski definition) is 7. The summed E-state index contributed by atoms with van der Waals surface area (Å²) in [5.74, 6) is 1.68. The number of nitrogens with zero attached hydrogens (tertiary/aromatic N) is 2. The van der Waals surface area contributed by atoms with Crippen LogP contribution < -0.4 is 23.3 Å². The highest BCUT2D eigenvalue weighted by Gasteiger charge is 2.31. The molecule has 10 heteroatoms. The molecule has 4 rings (SSSR count). The second-order valence-corrected chi connectivity index (χ2v) is 10.8. The Labute approximate surface area is 223 Å². The van der Waals surface area contributed by atoms with E-state index in [1.54, 1.807) is 38.2 Å². The van der Waals surface area contributed by atoms with Gasteiger partial charge in [0.2, 0.25) is 5.75 Å². The lowest BCUT2D eigenvalue weighted by atomic mass is 10.1. The molecule has 1 amide bonds. The molecule has 202 valence electrons. The third kappa shape index (κ3) is 5.35. The second kappa shape index (κ2) is 11.2. The zero-order valence-corrected chi connectivity index (χ0v) is 23.0. The molecule has 1 aliphatic heterocycles. The summed E-state index contributed by atoms with van der Waals surface area (Å²) in [5.41, 5.74) is 3.15. The average molecular weight is 541 g/mol. The van der Waals surface area contributed by atoms with Crippen LogP contribution in [0.5, 0.6) is 23.0 Å². The fourth-order valence-electron chi connectivity index (χ4n) is 4.47. The molecule has 0 fully saturated rings. The summed E-state index contributed by atoms with van der Waals surface area (Å²) in [7, 11) is 2.56. The molecule has 3 aromatic carbocycles. The number of rotatable bonds is 10. The number of sulfonamides is 1. The maximum absolute atomic E-state index is 13.3. The first-order valence-corrected chi connectivity index (χ1v) is 13.5. The van der Waals surface area contributed by atoms with Gasteiger partial charge in [0.25, 0.3) is 15.9 Å². The van der Waals surface area contributed by atoms with E-state index in [1.165, 1.54) is 36.6 Å². The largest absolute Gasteiger partial charge is 0.493 e. The minimum Gasteiger partial charge on any atom is -0.493 e. The van der Waals surface area contributed by atoms with Crippen molar-refractivity contribution in [2.24, 2.45) is 0 Å². The van der Waals surface area contributed by atoms with Gasteiger partial charge in [0.1, 0.15) is 5.75 Å². The highest BCUT2D eigenvalue weighted by atomic mass is 32.2. The number of para-hydroxylation sites is 1. The minimum atomic E-state index is -3.71. The second-order valence-electron chi connectivity index (χ2n) is 8.96. The molecule has 0 atom stereocenters. The molecule has 0 N–H and O–H groups in total. The Bertz CT molecular complexity index is 1410. The van der Waals surface area contributed by atoms with E-state index in [0.717, 1.165) is 11.1 Å². The molecule has 3 aromatic rings. The number of carbonyl (C=O) groups is 1. The maximum atomic E-state index is 13.3. The summed E-state index contributed by atoms with van der Waals surface area (Å²) in [6, 6.07) is 15.8. The van der Waals surface area contributed by atoms with Gasteiger partial charge in [-0.3, -0.25) is 9.10 Å². The Morgan fingerprint density at radius 3 is 2.26 bits per heavy atom. The van der Waals surface area contributed by atoms with Crippen LogP contribution in [-0.2, 0) is 27.8 Å². The predicted molar refractivity (Wildman–Crippen MR) is 144 cm³/mol. The summed E-state index contributed by atoms with van der Waals surface area (Å²) < 4.78 is 50.0. The van der Waals surface area contributed by atoms with Crippen molar-refractivity contribution in [1.82, 2.24) is 4.90 Å². The smallest absolute Gasteiger partial charge is 0.264 e. The van der Waals surface area contributed by atoms with Crippen LogP contribution in [0.4, 0.5) is 5.69 Å². The fraction of sp³-hybridized carbons (Fsp3) is 0.321. The van der Waals surface area contributed by atoms with E-state index in [1.807, 2.05) is 24.3 Å². The van der Waals surface area contributed by atoms with Gasteiger partial charge in [0.05, 0.1) is 31.9 Å². The lowest BCUT2D eigenvalue weighted by Gasteiger charge is -2.21. The number of benzene rings is 3. The van der Waals surface area contributed by atoms with Crippen molar-refractivity contribution >= 4 is 21.6 Å². The van der Waals surface area contributed by atoms with E-state index in [0.29, 0.717) is 53.8 Å². The first kappa shape index (κ1) is 27.1. The standard InChI is InChI=1S/C28H32N2O7S/c1-19-14-22(38(32,33)30-13-12-21-8-6-7-9-23(21)30)10-11-24(19)37-18-27(31)29(2)17-20-15-25(34-3)28(36-5)26(16-20)35-4/h6-11,14-16H,12-13,17-18H2,1-5H3. The van der Waals surface area contributed by atoms with Crippen LogP contribution in [0, 0.1) is 6.92 Å². The zero-order valence-electron chi connectivity index (χ0n) is 22.2. The quantitative estimate of drug-likeness (QED) is 0.386. The van der Waals surface area contributed by atoms with Gasteiger partial charge in [-0.2, -0.15) is 0 Å². The first-order valence-electron chi connectivity index (χ1n) is 12.1. The molecule has 0 saturated carbocycles. The number of likely N-dealkylation sites (N-methyl/N-ethyl adjacent to an activating group) is 1. The topological polar surface area (TPSA) is 94.6 Å². The lowest BCUT2D eigenvalue weighted by molar-refractivity contribution is -0.132. The van der Waals surface area contributed by atoms with Gasteiger partial charge in [-0.25, -0.2) is 8.42 Å². The van der Waals surface area contributed by atoms with Crippen molar-refractivity contribution in [2.45, 2.75) is 24.8 Å². The molecule has 1 heterocycles. The van der Waals surface area contributed by atoms with Crippen molar-refractivity contribution in [1.29, 1.82) is 0 Å². The number of methoxy groups -OCH3 is 3. The molecular weight excluding hydrogens is 508 g/mol. The van der Waals surface area contributed by atoms with Crippen molar-refractivity contribution < 1.29 is 32.2 Å². The normalized spacial score (nSPS) is 12.6.